The van der Waals surface area contributed by atoms with Crippen LogP contribution in [0.5, 0.6) is 0 Å². The average Bonchev–Trinajstić information content (AvgIpc) is 3.44. The fourth-order valence-corrected chi connectivity index (χ4v) is 8.41. The first kappa shape index (κ1) is 46.2. The second-order valence-electron chi connectivity index (χ2n) is 15.1. The molecule has 3 rings (SSSR count). The molecule has 52 heavy (non-hydrogen) atoms. The molecule has 0 atom stereocenters. The average molecular weight is 756 g/mol. The van der Waals surface area contributed by atoms with Crippen LogP contribution in [0.4, 0.5) is 0 Å². The molecule has 0 saturated heterocycles. The Kier molecular flexibility index (Phi) is 26.9. The molecule has 1 aliphatic heterocycles. The quantitative estimate of drug-likeness (QED) is 0.0449. The molecule has 3 heteroatoms. The summed E-state index contributed by atoms with van der Waals surface area (Å²) >= 11 is 2.00. The van der Waals surface area contributed by atoms with Crippen LogP contribution in [0.3, 0.4) is 0 Å². The zero-order valence-corrected chi connectivity index (χ0v) is 35.9. The molecule has 2 aromatic rings. The molecule has 0 aromatic heterocycles. The van der Waals surface area contributed by atoms with E-state index in [9.17, 15) is 5.53 Å². The predicted molar refractivity (Wildman–Crippen MR) is 228 cm³/mol. The van der Waals surface area contributed by atoms with Gasteiger partial charge in [0.1, 0.15) is 0 Å². The van der Waals surface area contributed by atoms with Crippen LogP contribution in [0.25, 0.3) is 16.9 Å². The fraction of sp³-hybridized carbons (Fsp3) is 0.673. The minimum absolute atomic E-state index is 1.02. The van der Waals surface area contributed by atoms with Gasteiger partial charge in [0.2, 0.25) is 11.4 Å². The summed E-state index contributed by atoms with van der Waals surface area (Å²) in [7, 11) is 0. The zero-order chi connectivity index (χ0) is 37.7. The summed E-state index contributed by atoms with van der Waals surface area (Å²) in [5.41, 5.74) is 21.7. The molecule has 0 amide bonds. The van der Waals surface area contributed by atoms with Crippen molar-refractivity contribution in [3.63, 3.8) is 0 Å². The Morgan fingerprint density at radius 1 is 0.423 bits per heavy atom. The van der Waals surface area contributed by atoms with Crippen molar-refractivity contribution in [2.45, 2.75) is 213 Å². The van der Waals surface area contributed by atoms with E-state index in [4.69, 9.17) is 0 Å². The summed E-state index contributed by atoms with van der Waals surface area (Å²) < 4.78 is 1.56. The molecule has 2 nitrogen and oxygen atoms in total. The third kappa shape index (κ3) is 17.9. The summed E-state index contributed by atoms with van der Waals surface area (Å²) in [5, 5.41) is 2.84. The van der Waals surface area contributed by atoms with Gasteiger partial charge in [0.15, 0.2) is 0 Å². The fourth-order valence-electron chi connectivity index (χ4n) is 7.18. The number of unbranched alkanes of at least 4 members (excludes halogenated alkanes) is 15. The topological polar surface area (TPSA) is 25.3 Å². The van der Waals surface area contributed by atoms with Gasteiger partial charge < -0.3 is 5.53 Å². The molecular weight excluding hydrogens is 675 g/mol. The van der Waals surface area contributed by atoms with Gasteiger partial charge in [-0.3, -0.25) is 0 Å². The molecule has 0 spiro atoms. The van der Waals surface area contributed by atoms with E-state index in [1.54, 1.807) is 4.70 Å². The van der Waals surface area contributed by atoms with Crippen molar-refractivity contribution in [2.24, 2.45) is 0 Å². The molecule has 0 aliphatic carbocycles. The van der Waals surface area contributed by atoms with Crippen molar-refractivity contribution >= 4 is 11.4 Å². The summed E-state index contributed by atoms with van der Waals surface area (Å²) in [6.45, 7) is 13.6. The minimum atomic E-state index is 1.02. The molecule has 1 heterocycles. The van der Waals surface area contributed by atoms with Crippen molar-refractivity contribution in [3.8, 4) is 0 Å². The van der Waals surface area contributed by atoms with Gasteiger partial charge in [-0.05, 0) is 86.8 Å². The molecule has 2 aromatic carbocycles. The van der Waals surface area contributed by atoms with Crippen LogP contribution in [-0.4, -0.2) is 4.70 Å². The van der Waals surface area contributed by atoms with Crippen LogP contribution >= 0.6 is 0 Å². The Morgan fingerprint density at radius 2 is 0.788 bits per heavy atom. The molecule has 0 bridgehead atoms. The van der Waals surface area contributed by atoms with E-state index in [-0.39, 0.29) is 0 Å². The van der Waals surface area contributed by atoms with Crippen LogP contribution in [0, 0.1) is 0 Å². The number of nitrogens with zero attached hydrogens (tertiary/aromatic N) is 2. The summed E-state index contributed by atoms with van der Waals surface area (Å²) in [4.78, 5) is 0. The third-order valence-corrected chi connectivity index (χ3v) is 11.8. The Bertz CT molecular complexity index is 1280. The Morgan fingerprint density at radius 3 is 1.21 bits per heavy atom. The second-order valence-corrected chi connectivity index (χ2v) is 16.6. The van der Waals surface area contributed by atoms with Crippen LogP contribution < -0.4 is 0 Å². The molecular formula is C49H80N2Ni. The molecule has 0 fully saturated rings. The van der Waals surface area contributed by atoms with Crippen molar-refractivity contribution in [3.05, 3.63) is 87.5 Å². The first-order chi connectivity index (χ1) is 25.6. The number of aryl methyl sites for hydroxylation is 2. The molecule has 0 saturated carbocycles. The molecule has 1 aliphatic rings. The van der Waals surface area contributed by atoms with E-state index in [0.717, 1.165) is 48.2 Å². The maximum atomic E-state index is 11.9. The van der Waals surface area contributed by atoms with Gasteiger partial charge in [0.05, 0.1) is 0 Å². The summed E-state index contributed by atoms with van der Waals surface area (Å²) in [6, 6.07) is 17.9. The summed E-state index contributed by atoms with van der Waals surface area (Å²) in [5.74, 6) is 0. The van der Waals surface area contributed by atoms with E-state index >= 15 is 0 Å². The van der Waals surface area contributed by atoms with Gasteiger partial charge in [0, 0.05) is 22.3 Å². The molecule has 296 valence electrons. The number of rotatable bonds is 29. The number of allylic oxidation sites excluding steroid dienone is 2. The third-order valence-electron chi connectivity index (χ3n) is 10.4. The number of hydrogen-bond donors (Lipinski definition) is 0. The SMILES string of the molecule is CCCCCCC1=C(c2cccc(CCCC)c2)[N+](=[N-])C(c2cccc(CCCC)c2)=C1CCCCC.CCCCCC[CH2][Ni][CH2]CCCCCC. The van der Waals surface area contributed by atoms with E-state index in [1.165, 1.54) is 168 Å². The van der Waals surface area contributed by atoms with Crippen molar-refractivity contribution in [1.29, 1.82) is 0 Å². The van der Waals surface area contributed by atoms with Crippen molar-refractivity contribution < 1.29 is 19.1 Å². The Labute approximate surface area is 329 Å². The Balaban J connectivity index is 0.000000526. The second kappa shape index (κ2) is 30.4. The van der Waals surface area contributed by atoms with Gasteiger partial charge in [-0.2, -0.15) is 0 Å². The Hall–Kier alpha value is -1.99. The van der Waals surface area contributed by atoms with Gasteiger partial charge in [-0.15, -0.1) is 0 Å². The van der Waals surface area contributed by atoms with Crippen LogP contribution in [0.2, 0.25) is 10.8 Å². The zero-order valence-electron chi connectivity index (χ0n) is 34.9. The normalized spacial score (nSPS) is 13.0. The van der Waals surface area contributed by atoms with Crippen molar-refractivity contribution in [2.75, 3.05) is 0 Å². The van der Waals surface area contributed by atoms with E-state index in [2.05, 4.69) is 90.1 Å². The van der Waals surface area contributed by atoms with Crippen LogP contribution in [0.1, 0.15) is 211 Å². The molecule has 0 unspecified atom stereocenters. The van der Waals surface area contributed by atoms with E-state index in [1.807, 2.05) is 14.4 Å². The number of hydrogen-bond acceptors (Lipinski definition) is 0. The van der Waals surface area contributed by atoms with E-state index in [0.29, 0.717) is 0 Å². The molecule has 0 radical (unpaired) electrons. The van der Waals surface area contributed by atoms with Crippen LogP contribution in [-0.2, 0) is 27.3 Å². The first-order valence-corrected chi connectivity index (χ1v) is 23.5. The van der Waals surface area contributed by atoms with Crippen LogP contribution in [0.15, 0.2) is 59.7 Å². The predicted octanol–water partition coefficient (Wildman–Crippen LogP) is 16.9. The standard InChI is InChI=1S/C35H50N2.2C7H15.Ni/c1-5-9-13-15-25-33-32(24-14-10-6-2)34(30-22-16-20-28(26-30)18-11-7-3)37(36)35(33)31-23-17-21-29(27-31)19-12-8-4;2*1-3-5-7-6-4-2;/h16-17,20-23,26-27H,5-15,18-19,24-25H2,1-4H3;2*1,3-7H2,2H3;. The molecule has 0 N–H and O–H groups in total. The van der Waals surface area contributed by atoms with Gasteiger partial charge in [-0.1, -0.05) is 96.9 Å². The van der Waals surface area contributed by atoms with Crippen molar-refractivity contribution in [1.82, 2.24) is 0 Å². The first-order valence-electron chi connectivity index (χ1n) is 22.1. The van der Waals surface area contributed by atoms with E-state index < -0.39 is 0 Å². The maximum absolute atomic E-state index is 11.9. The van der Waals surface area contributed by atoms with Gasteiger partial charge >= 0.3 is 103 Å². The van der Waals surface area contributed by atoms with Gasteiger partial charge in [0.25, 0.3) is 0 Å². The summed E-state index contributed by atoms with van der Waals surface area (Å²) in [6.07, 6.45) is 31.9. The monoisotopic (exact) mass is 755 g/mol. The number of benzene rings is 2. The van der Waals surface area contributed by atoms with Gasteiger partial charge in [-0.25, -0.2) is 4.70 Å².